The van der Waals surface area contributed by atoms with Crippen LogP contribution >= 0.6 is 0 Å². The Kier molecular flexibility index (Phi) is 4.32. The standard InChI is InChI=1S/C14H18N4O3/c1-9-7-13(17-18(9)2)16-14(19)15-11-6-5-10(20-3)8-12(11)21-4/h5-8H,1-4H3,(H2,15,16,17,19). The summed E-state index contributed by atoms with van der Waals surface area (Å²) >= 11 is 0. The van der Waals surface area contributed by atoms with Gasteiger partial charge in [-0.2, -0.15) is 5.10 Å². The molecule has 0 saturated heterocycles. The largest absolute Gasteiger partial charge is 0.497 e. The number of urea groups is 1. The van der Waals surface area contributed by atoms with E-state index in [2.05, 4.69) is 15.7 Å². The second-order valence-corrected chi connectivity index (χ2v) is 4.44. The van der Waals surface area contributed by atoms with Crippen LogP contribution in [-0.4, -0.2) is 30.0 Å². The Morgan fingerprint density at radius 2 is 1.95 bits per heavy atom. The van der Waals surface area contributed by atoms with E-state index in [-0.39, 0.29) is 0 Å². The molecular weight excluding hydrogens is 272 g/mol. The van der Waals surface area contributed by atoms with Gasteiger partial charge in [0.1, 0.15) is 11.5 Å². The summed E-state index contributed by atoms with van der Waals surface area (Å²) in [5, 5.41) is 9.53. The Morgan fingerprint density at radius 1 is 1.19 bits per heavy atom. The van der Waals surface area contributed by atoms with Crippen molar-refractivity contribution in [3.05, 3.63) is 30.0 Å². The molecule has 2 N–H and O–H groups in total. The van der Waals surface area contributed by atoms with E-state index in [4.69, 9.17) is 9.47 Å². The number of benzene rings is 1. The van der Waals surface area contributed by atoms with E-state index in [0.29, 0.717) is 23.0 Å². The predicted molar refractivity (Wildman–Crippen MR) is 80.1 cm³/mol. The van der Waals surface area contributed by atoms with Gasteiger partial charge in [0.05, 0.1) is 19.9 Å². The van der Waals surface area contributed by atoms with E-state index in [1.807, 2.05) is 14.0 Å². The van der Waals surface area contributed by atoms with Crippen LogP contribution in [0.5, 0.6) is 11.5 Å². The topological polar surface area (TPSA) is 77.4 Å². The minimum atomic E-state index is -0.392. The fraction of sp³-hybridized carbons (Fsp3) is 0.286. The number of aromatic nitrogens is 2. The average Bonchev–Trinajstić information content (AvgIpc) is 2.77. The molecule has 1 heterocycles. The van der Waals surface area contributed by atoms with Crippen molar-refractivity contribution in [3.8, 4) is 11.5 Å². The van der Waals surface area contributed by atoms with Crippen molar-refractivity contribution in [3.63, 3.8) is 0 Å². The average molecular weight is 290 g/mol. The van der Waals surface area contributed by atoms with E-state index in [1.165, 1.54) is 7.11 Å². The highest BCUT2D eigenvalue weighted by Gasteiger charge is 2.10. The number of amides is 2. The molecule has 1 aromatic heterocycles. The maximum Gasteiger partial charge on any atom is 0.325 e. The molecule has 1 aromatic carbocycles. The summed E-state index contributed by atoms with van der Waals surface area (Å²) in [6.45, 7) is 1.91. The van der Waals surface area contributed by atoms with E-state index in [0.717, 1.165) is 5.69 Å². The zero-order valence-electron chi connectivity index (χ0n) is 12.4. The van der Waals surface area contributed by atoms with Crippen molar-refractivity contribution in [1.29, 1.82) is 0 Å². The van der Waals surface area contributed by atoms with Gasteiger partial charge in [0.15, 0.2) is 5.82 Å². The third-order valence-corrected chi connectivity index (χ3v) is 3.01. The van der Waals surface area contributed by atoms with Crippen molar-refractivity contribution in [2.24, 2.45) is 7.05 Å². The van der Waals surface area contributed by atoms with Crippen LogP contribution in [0.3, 0.4) is 0 Å². The Hall–Kier alpha value is -2.70. The lowest BCUT2D eigenvalue weighted by atomic mass is 10.2. The number of ether oxygens (including phenoxy) is 2. The summed E-state index contributed by atoms with van der Waals surface area (Å²) in [4.78, 5) is 12.0. The highest BCUT2D eigenvalue weighted by Crippen LogP contribution is 2.29. The first-order valence-corrected chi connectivity index (χ1v) is 6.34. The van der Waals surface area contributed by atoms with Gasteiger partial charge in [-0.05, 0) is 19.1 Å². The molecule has 7 nitrogen and oxygen atoms in total. The molecular formula is C14H18N4O3. The summed E-state index contributed by atoms with van der Waals surface area (Å²) in [6, 6.07) is 6.53. The Labute approximate surface area is 122 Å². The third-order valence-electron chi connectivity index (χ3n) is 3.01. The van der Waals surface area contributed by atoms with Gasteiger partial charge < -0.3 is 14.8 Å². The number of aryl methyl sites for hydroxylation is 2. The molecule has 0 bridgehead atoms. The Bertz CT molecular complexity index is 632. The molecule has 2 aromatic rings. The maximum absolute atomic E-state index is 12.0. The third kappa shape index (κ3) is 3.44. The van der Waals surface area contributed by atoms with Crippen LogP contribution in [0.2, 0.25) is 0 Å². The molecule has 0 atom stereocenters. The lowest BCUT2D eigenvalue weighted by molar-refractivity contribution is 0.262. The van der Waals surface area contributed by atoms with Gasteiger partial charge in [-0.15, -0.1) is 0 Å². The molecule has 0 radical (unpaired) electrons. The molecule has 0 unspecified atom stereocenters. The fourth-order valence-electron chi connectivity index (χ4n) is 1.79. The zero-order chi connectivity index (χ0) is 15.4. The van der Waals surface area contributed by atoms with Crippen molar-refractivity contribution in [1.82, 2.24) is 9.78 Å². The Morgan fingerprint density at radius 3 is 2.52 bits per heavy atom. The first-order valence-electron chi connectivity index (χ1n) is 6.34. The molecule has 0 aliphatic rings. The number of methoxy groups -OCH3 is 2. The van der Waals surface area contributed by atoms with Crippen LogP contribution in [0.15, 0.2) is 24.3 Å². The van der Waals surface area contributed by atoms with Crippen LogP contribution in [0.25, 0.3) is 0 Å². The number of hydrogen-bond donors (Lipinski definition) is 2. The number of anilines is 2. The normalized spacial score (nSPS) is 10.1. The molecule has 21 heavy (non-hydrogen) atoms. The van der Waals surface area contributed by atoms with Gasteiger partial charge >= 0.3 is 6.03 Å². The number of carbonyl (C=O) groups is 1. The lowest BCUT2D eigenvalue weighted by Crippen LogP contribution is -2.20. The molecule has 0 spiro atoms. The van der Waals surface area contributed by atoms with Gasteiger partial charge in [0, 0.05) is 24.9 Å². The van der Waals surface area contributed by atoms with Gasteiger partial charge in [0.25, 0.3) is 0 Å². The highest BCUT2D eigenvalue weighted by atomic mass is 16.5. The molecule has 0 saturated carbocycles. The van der Waals surface area contributed by atoms with Crippen molar-refractivity contribution in [2.75, 3.05) is 24.9 Å². The molecule has 0 aliphatic heterocycles. The lowest BCUT2D eigenvalue weighted by Gasteiger charge is -2.11. The quantitative estimate of drug-likeness (QED) is 0.906. The second kappa shape index (κ2) is 6.17. The zero-order valence-corrected chi connectivity index (χ0v) is 12.4. The number of rotatable bonds is 4. The smallest absolute Gasteiger partial charge is 0.325 e. The SMILES string of the molecule is COc1ccc(NC(=O)Nc2cc(C)n(C)n2)c(OC)c1. The minimum absolute atomic E-state index is 0.392. The van der Waals surface area contributed by atoms with Crippen molar-refractivity contribution >= 4 is 17.5 Å². The van der Waals surface area contributed by atoms with Gasteiger partial charge in [0.2, 0.25) is 0 Å². The Balaban J connectivity index is 2.08. The molecule has 0 fully saturated rings. The van der Waals surface area contributed by atoms with E-state index in [1.54, 1.807) is 36.1 Å². The van der Waals surface area contributed by atoms with E-state index >= 15 is 0 Å². The van der Waals surface area contributed by atoms with Crippen molar-refractivity contribution in [2.45, 2.75) is 6.92 Å². The van der Waals surface area contributed by atoms with Crippen LogP contribution < -0.4 is 20.1 Å². The second-order valence-electron chi connectivity index (χ2n) is 4.44. The molecule has 0 aliphatic carbocycles. The molecule has 7 heteroatoms. The fourth-order valence-corrected chi connectivity index (χ4v) is 1.79. The summed E-state index contributed by atoms with van der Waals surface area (Å²) in [6.07, 6.45) is 0. The number of nitrogens with one attached hydrogen (secondary N) is 2. The minimum Gasteiger partial charge on any atom is -0.497 e. The molecule has 2 rings (SSSR count). The number of nitrogens with zero attached hydrogens (tertiary/aromatic N) is 2. The van der Waals surface area contributed by atoms with E-state index in [9.17, 15) is 4.79 Å². The van der Waals surface area contributed by atoms with Gasteiger partial charge in [-0.3, -0.25) is 10.00 Å². The van der Waals surface area contributed by atoms with E-state index < -0.39 is 6.03 Å². The first kappa shape index (κ1) is 14.7. The van der Waals surface area contributed by atoms with Crippen LogP contribution in [0, 0.1) is 6.92 Å². The summed E-state index contributed by atoms with van der Waals surface area (Å²) < 4.78 is 12.0. The number of carbonyl (C=O) groups excluding carboxylic acids is 1. The molecule has 112 valence electrons. The summed E-state index contributed by atoms with van der Waals surface area (Å²) in [5.41, 5.74) is 1.50. The van der Waals surface area contributed by atoms with Crippen LogP contribution in [0.4, 0.5) is 16.3 Å². The van der Waals surface area contributed by atoms with Gasteiger partial charge in [-0.1, -0.05) is 0 Å². The highest BCUT2D eigenvalue weighted by molar-refractivity contribution is 6.00. The molecule has 2 amide bonds. The van der Waals surface area contributed by atoms with Crippen LogP contribution in [0.1, 0.15) is 5.69 Å². The number of hydrogen-bond acceptors (Lipinski definition) is 4. The van der Waals surface area contributed by atoms with Crippen molar-refractivity contribution < 1.29 is 14.3 Å². The maximum atomic E-state index is 12.0. The monoisotopic (exact) mass is 290 g/mol. The first-order chi connectivity index (χ1) is 10.0. The predicted octanol–water partition coefficient (Wildman–Crippen LogP) is 2.39. The van der Waals surface area contributed by atoms with Crippen LogP contribution in [-0.2, 0) is 7.05 Å². The van der Waals surface area contributed by atoms with Gasteiger partial charge in [-0.25, -0.2) is 4.79 Å². The summed E-state index contributed by atoms with van der Waals surface area (Å²) in [5.74, 6) is 1.65. The summed E-state index contributed by atoms with van der Waals surface area (Å²) in [7, 11) is 4.91.